The molecule has 1 heterocycles. The molecular formula is C16H20N2O3. The Balaban J connectivity index is 2.31. The summed E-state index contributed by atoms with van der Waals surface area (Å²) in [5.74, 6) is 0.922. The minimum absolute atomic E-state index is 0.274. The van der Waals surface area contributed by atoms with E-state index in [9.17, 15) is 5.11 Å². The molecule has 5 heteroatoms. The maximum atomic E-state index is 10.6. The quantitative estimate of drug-likeness (QED) is 0.848. The summed E-state index contributed by atoms with van der Waals surface area (Å²) in [5.41, 5.74) is 7.30. The molecule has 0 aliphatic rings. The predicted molar refractivity (Wildman–Crippen MR) is 80.5 cm³/mol. The number of methoxy groups -OCH3 is 2. The largest absolute Gasteiger partial charge is 0.493 e. The van der Waals surface area contributed by atoms with Crippen molar-refractivity contribution in [1.82, 2.24) is 4.98 Å². The van der Waals surface area contributed by atoms with E-state index in [4.69, 9.17) is 15.2 Å². The van der Waals surface area contributed by atoms with Crippen LogP contribution in [-0.2, 0) is 0 Å². The average molecular weight is 288 g/mol. The van der Waals surface area contributed by atoms with Gasteiger partial charge < -0.3 is 20.3 Å². The van der Waals surface area contributed by atoms with Gasteiger partial charge in [0, 0.05) is 24.4 Å². The maximum Gasteiger partial charge on any atom is 0.161 e. The zero-order chi connectivity index (χ0) is 15.2. The second-order valence-electron chi connectivity index (χ2n) is 4.66. The Morgan fingerprint density at radius 1 is 1.14 bits per heavy atom. The molecule has 2 atom stereocenters. The average Bonchev–Trinajstić information content (AvgIpc) is 2.55. The molecule has 0 aliphatic heterocycles. The first-order valence-electron chi connectivity index (χ1n) is 6.72. The summed E-state index contributed by atoms with van der Waals surface area (Å²) in [5, 5.41) is 10.6. The zero-order valence-electron chi connectivity index (χ0n) is 12.2. The monoisotopic (exact) mass is 288 g/mol. The van der Waals surface area contributed by atoms with Crippen LogP contribution in [0, 0.1) is 0 Å². The topological polar surface area (TPSA) is 77.6 Å². The SMILES string of the molecule is COc1ccc(C(O)C(CN)c2ccccn2)cc1OC. The first-order valence-corrected chi connectivity index (χ1v) is 6.72. The van der Waals surface area contributed by atoms with Crippen LogP contribution >= 0.6 is 0 Å². The number of ether oxygens (including phenoxy) is 2. The number of rotatable bonds is 6. The van der Waals surface area contributed by atoms with Gasteiger partial charge in [0.1, 0.15) is 0 Å². The van der Waals surface area contributed by atoms with E-state index in [-0.39, 0.29) is 5.92 Å². The predicted octanol–water partition coefficient (Wildman–Crippen LogP) is 1.87. The van der Waals surface area contributed by atoms with Crippen LogP contribution in [0.1, 0.15) is 23.3 Å². The van der Waals surface area contributed by atoms with Gasteiger partial charge in [-0.1, -0.05) is 12.1 Å². The first kappa shape index (κ1) is 15.3. The minimum atomic E-state index is -0.760. The molecule has 0 radical (unpaired) electrons. The Kier molecular flexibility index (Phi) is 5.14. The molecular weight excluding hydrogens is 268 g/mol. The number of nitrogens with two attached hydrogens (primary N) is 1. The second-order valence-corrected chi connectivity index (χ2v) is 4.66. The zero-order valence-corrected chi connectivity index (χ0v) is 12.2. The van der Waals surface area contributed by atoms with Gasteiger partial charge in [0.25, 0.3) is 0 Å². The summed E-state index contributed by atoms with van der Waals surface area (Å²) >= 11 is 0. The molecule has 0 aliphatic carbocycles. The molecule has 0 saturated carbocycles. The van der Waals surface area contributed by atoms with Crippen molar-refractivity contribution in [3.05, 3.63) is 53.9 Å². The molecule has 2 unspecified atom stereocenters. The lowest BCUT2D eigenvalue weighted by Crippen LogP contribution is -2.21. The van der Waals surface area contributed by atoms with Crippen LogP contribution in [0.3, 0.4) is 0 Å². The summed E-state index contributed by atoms with van der Waals surface area (Å²) in [7, 11) is 3.14. The summed E-state index contributed by atoms with van der Waals surface area (Å²) < 4.78 is 10.5. The number of nitrogens with zero attached hydrogens (tertiary/aromatic N) is 1. The molecule has 3 N–H and O–H groups in total. The maximum absolute atomic E-state index is 10.6. The number of aromatic nitrogens is 1. The van der Waals surface area contributed by atoms with Gasteiger partial charge in [-0.25, -0.2) is 0 Å². The lowest BCUT2D eigenvalue weighted by molar-refractivity contribution is 0.145. The fourth-order valence-electron chi connectivity index (χ4n) is 2.28. The summed E-state index contributed by atoms with van der Waals surface area (Å²) in [6.07, 6.45) is 0.934. The third kappa shape index (κ3) is 3.32. The lowest BCUT2D eigenvalue weighted by atomic mass is 9.92. The first-order chi connectivity index (χ1) is 10.2. The van der Waals surface area contributed by atoms with E-state index in [0.717, 1.165) is 5.69 Å². The van der Waals surface area contributed by atoms with Gasteiger partial charge in [0.15, 0.2) is 11.5 Å². The van der Waals surface area contributed by atoms with E-state index in [2.05, 4.69) is 4.98 Å². The van der Waals surface area contributed by atoms with Crippen molar-refractivity contribution in [2.45, 2.75) is 12.0 Å². The van der Waals surface area contributed by atoms with E-state index in [0.29, 0.717) is 23.6 Å². The van der Waals surface area contributed by atoms with Crippen molar-refractivity contribution in [3.8, 4) is 11.5 Å². The molecule has 2 rings (SSSR count). The smallest absolute Gasteiger partial charge is 0.161 e. The van der Waals surface area contributed by atoms with Crippen molar-refractivity contribution in [3.63, 3.8) is 0 Å². The van der Waals surface area contributed by atoms with E-state index < -0.39 is 6.10 Å². The highest BCUT2D eigenvalue weighted by Crippen LogP contribution is 2.34. The highest BCUT2D eigenvalue weighted by atomic mass is 16.5. The summed E-state index contributed by atoms with van der Waals surface area (Å²) in [6, 6.07) is 10.9. The number of hydrogen-bond acceptors (Lipinski definition) is 5. The minimum Gasteiger partial charge on any atom is -0.493 e. The van der Waals surface area contributed by atoms with E-state index in [1.54, 1.807) is 38.6 Å². The lowest BCUT2D eigenvalue weighted by Gasteiger charge is -2.22. The van der Waals surface area contributed by atoms with Gasteiger partial charge in [-0.3, -0.25) is 4.98 Å². The number of hydrogen-bond donors (Lipinski definition) is 2. The van der Waals surface area contributed by atoms with Gasteiger partial charge in [0.2, 0.25) is 0 Å². The fourth-order valence-corrected chi connectivity index (χ4v) is 2.28. The molecule has 0 amide bonds. The van der Waals surface area contributed by atoms with E-state index in [1.807, 2.05) is 18.2 Å². The van der Waals surface area contributed by atoms with Crippen LogP contribution in [0.25, 0.3) is 0 Å². The number of pyridine rings is 1. The van der Waals surface area contributed by atoms with Crippen molar-refractivity contribution >= 4 is 0 Å². The normalized spacial score (nSPS) is 13.5. The Morgan fingerprint density at radius 3 is 2.48 bits per heavy atom. The van der Waals surface area contributed by atoms with Gasteiger partial charge in [-0.05, 0) is 29.8 Å². The van der Waals surface area contributed by atoms with Crippen LogP contribution in [0.5, 0.6) is 11.5 Å². The Hall–Kier alpha value is -2.11. The molecule has 0 fully saturated rings. The molecule has 1 aromatic carbocycles. The molecule has 21 heavy (non-hydrogen) atoms. The Bertz CT molecular complexity index is 575. The fraction of sp³-hybridized carbons (Fsp3) is 0.312. The van der Waals surface area contributed by atoms with Gasteiger partial charge >= 0.3 is 0 Å². The molecule has 2 aromatic rings. The van der Waals surface area contributed by atoms with Crippen molar-refractivity contribution < 1.29 is 14.6 Å². The van der Waals surface area contributed by atoms with Crippen LogP contribution in [-0.4, -0.2) is 30.9 Å². The molecule has 0 saturated heterocycles. The number of aliphatic hydroxyl groups is 1. The molecule has 1 aromatic heterocycles. The van der Waals surface area contributed by atoms with Crippen LogP contribution in [0.2, 0.25) is 0 Å². The number of benzene rings is 1. The molecule has 112 valence electrons. The Morgan fingerprint density at radius 2 is 1.90 bits per heavy atom. The van der Waals surface area contributed by atoms with Crippen molar-refractivity contribution in [1.29, 1.82) is 0 Å². The highest BCUT2D eigenvalue weighted by Gasteiger charge is 2.23. The third-order valence-corrected chi connectivity index (χ3v) is 3.45. The van der Waals surface area contributed by atoms with Crippen LogP contribution < -0.4 is 15.2 Å². The molecule has 0 bridgehead atoms. The second kappa shape index (κ2) is 7.06. The van der Waals surface area contributed by atoms with Crippen molar-refractivity contribution in [2.75, 3.05) is 20.8 Å². The van der Waals surface area contributed by atoms with E-state index in [1.165, 1.54) is 0 Å². The summed E-state index contributed by atoms with van der Waals surface area (Å²) in [6.45, 7) is 0.298. The van der Waals surface area contributed by atoms with Gasteiger partial charge in [0.05, 0.1) is 20.3 Å². The Labute approximate surface area is 124 Å². The van der Waals surface area contributed by atoms with Gasteiger partial charge in [-0.15, -0.1) is 0 Å². The van der Waals surface area contributed by atoms with E-state index >= 15 is 0 Å². The highest BCUT2D eigenvalue weighted by molar-refractivity contribution is 5.44. The van der Waals surface area contributed by atoms with Crippen LogP contribution in [0.4, 0.5) is 0 Å². The van der Waals surface area contributed by atoms with Crippen LogP contribution in [0.15, 0.2) is 42.6 Å². The van der Waals surface area contributed by atoms with Gasteiger partial charge in [-0.2, -0.15) is 0 Å². The van der Waals surface area contributed by atoms with Crippen molar-refractivity contribution in [2.24, 2.45) is 5.73 Å². The third-order valence-electron chi connectivity index (χ3n) is 3.45. The molecule has 0 spiro atoms. The standard InChI is InChI=1S/C16H20N2O3/c1-20-14-7-6-11(9-15(14)21-2)16(19)12(10-17)13-5-3-4-8-18-13/h3-9,12,16,19H,10,17H2,1-2H3. The number of aliphatic hydroxyl groups excluding tert-OH is 1. The summed E-state index contributed by atoms with van der Waals surface area (Å²) in [4.78, 5) is 4.28. The molecule has 5 nitrogen and oxygen atoms in total.